The molecule has 3 aromatic rings. The number of hydrogen-bond donors (Lipinski definition) is 4. The summed E-state index contributed by atoms with van der Waals surface area (Å²) in [5, 5.41) is 8.39. The Kier molecular flexibility index (Phi) is 11.9. The lowest BCUT2D eigenvalue weighted by molar-refractivity contribution is -0.145. The minimum Gasteiger partial charge on any atom is -0.467 e. The maximum atomic E-state index is 13.6. The predicted molar refractivity (Wildman–Crippen MR) is 150 cm³/mol. The van der Waals surface area contributed by atoms with E-state index in [1.807, 2.05) is 67.6 Å². The number of methoxy groups -OCH3 is 1. The van der Waals surface area contributed by atoms with Gasteiger partial charge in [0, 0.05) is 31.9 Å². The summed E-state index contributed by atoms with van der Waals surface area (Å²) in [5.74, 6) is -1.91. The third kappa shape index (κ3) is 9.68. The highest BCUT2D eigenvalue weighted by Gasteiger charge is 2.30. The fourth-order valence-corrected chi connectivity index (χ4v) is 4.21. The van der Waals surface area contributed by atoms with Crippen molar-refractivity contribution in [1.29, 1.82) is 0 Å². The Hall–Kier alpha value is -4.47. The monoisotopic (exact) mass is 547 g/mol. The van der Waals surface area contributed by atoms with E-state index in [9.17, 15) is 19.2 Å². The van der Waals surface area contributed by atoms with Crippen LogP contribution < -0.4 is 16.0 Å². The number of nitrogens with one attached hydrogen (secondary N) is 4. The Balaban J connectivity index is 1.81. The SMILES string of the molecule is CCCCC(=O)NC(Cc1ccccc1)C(=O)NC(Cc1ccccc1)C(=O)NC(Cc1c[nH]cn1)C(=O)OC. The van der Waals surface area contributed by atoms with Crippen LogP contribution in [0.2, 0.25) is 0 Å². The van der Waals surface area contributed by atoms with Crippen molar-refractivity contribution in [3.05, 3.63) is 90.0 Å². The maximum absolute atomic E-state index is 13.6. The lowest BCUT2D eigenvalue weighted by atomic mass is 10.0. The van der Waals surface area contributed by atoms with Gasteiger partial charge in [-0.1, -0.05) is 74.0 Å². The van der Waals surface area contributed by atoms with Crippen LogP contribution in [0.4, 0.5) is 0 Å². The second-order valence-corrected chi connectivity index (χ2v) is 9.51. The predicted octanol–water partition coefficient (Wildman–Crippen LogP) is 2.26. The van der Waals surface area contributed by atoms with Crippen LogP contribution in [0.15, 0.2) is 73.2 Å². The average molecular weight is 548 g/mol. The third-order valence-electron chi connectivity index (χ3n) is 6.38. The molecule has 0 aliphatic carbocycles. The number of aromatic amines is 1. The smallest absolute Gasteiger partial charge is 0.328 e. The summed E-state index contributed by atoms with van der Waals surface area (Å²) in [6.07, 6.45) is 5.50. The van der Waals surface area contributed by atoms with Crippen molar-refractivity contribution < 1.29 is 23.9 Å². The Labute approximate surface area is 234 Å². The topological polar surface area (TPSA) is 142 Å². The van der Waals surface area contributed by atoms with E-state index in [-0.39, 0.29) is 25.2 Å². The normalized spacial score (nSPS) is 12.9. The quantitative estimate of drug-likeness (QED) is 0.215. The molecule has 1 aromatic heterocycles. The fourth-order valence-electron chi connectivity index (χ4n) is 4.21. The Morgan fingerprint density at radius 1 is 0.800 bits per heavy atom. The van der Waals surface area contributed by atoms with Crippen LogP contribution in [0.5, 0.6) is 0 Å². The summed E-state index contributed by atoms with van der Waals surface area (Å²) in [6, 6.07) is 15.7. The van der Waals surface area contributed by atoms with Gasteiger partial charge < -0.3 is 25.7 Å². The van der Waals surface area contributed by atoms with Crippen LogP contribution in [-0.2, 0) is 43.2 Å². The number of carbonyl (C=O) groups is 4. The molecule has 0 aliphatic rings. The highest BCUT2D eigenvalue weighted by Crippen LogP contribution is 2.09. The Morgan fingerprint density at radius 3 is 1.85 bits per heavy atom. The van der Waals surface area contributed by atoms with Crippen LogP contribution in [0, 0.1) is 0 Å². The van der Waals surface area contributed by atoms with E-state index in [0.717, 1.165) is 17.5 Å². The lowest BCUT2D eigenvalue weighted by Crippen LogP contribution is -2.57. The van der Waals surface area contributed by atoms with Gasteiger partial charge in [-0.15, -0.1) is 0 Å². The van der Waals surface area contributed by atoms with Crippen molar-refractivity contribution in [2.75, 3.05) is 7.11 Å². The molecule has 40 heavy (non-hydrogen) atoms. The number of rotatable bonds is 15. The number of ether oxygens (including phenoxy) is 1. The first-order chi connectivity index (χ1) is 19.4. The first-order valence-corrected chi connectivity index (χ1v) is 13.4. The van der Waals surface area contributed by atoms with E-state index in [0.29, 0.717) is 18.5 Å². The summed E-state index contributed by atoms with van der Waals surface area (Å²) in [7, 11) is 1.24. The number of unbranched alkanes of at least 4 members (excludes halogenated alkanes) is 1. The molecular weight excluding hydrogens is 510 g/mol. The van der Waals surface area contributed by atoms with Crippen LogP contribution in [-0.4, -0.2) is 58.9 Å². The molecule has 0 aliphatic heterocycles. The summed E-state index contributed by atoms with van der Waals surface area (Å²) < 4.78 is 4.90. The van der Waals surface area contributed by atoms with E-state index < -0.39 is 35.9 Å². The molecule has 0 bridgehead atoms. The molecule has 10 heteroatoms. The van der Waals surface area contributed by atoms with Crippen molar-refractivity contribution in [3.63, 3.8) is 0 Å². The molecule has 0 spiro atoms. The van der Waals surface area contributed by atoms with Crippen LogP contribution >= 0.6 is 0 Å². The van der Waals surface area contributed by atoms with E-state index >= 15 is 0 Å². The van der Waals surface area contributed by atoms with Gasteiger partial charge in [0.25, 0.3) is 0 Å². The van der Waals surface area contributed by atoms with Gasteiger partial charge in [-0.2, -0.15) is 0 Å². The van der Waals surface area contributed by atoms with Gasteiger partial charge in [0.1, 0.15) is 18.1 Å². The van der Waals surface area contributed by atoms with Crippen molar-refractivity contribution in [2.45, 2.75) is 63.6 Å². The molecular formula is C30H37N5O5. The van der Waals surface area contributed by atoms with Gasteiger partial charge in [-0.3, -0.25) is 14.4 Å². The molecule has 2 aromatic carbocycles. The molecule has 3 rings (SSSR count). The highest BCUT2D eigenvalue weighted by molar-refractivity contribution is 5.94. The van der Waals surface area contributed by atoms with Crippen molar-refractivity contribution >= 4 is 23.7 Å². The van der Waals surface area contributed by atoms with Gasteiger partial charge >= 0.3 is 5.97 Å². The second-order valence-electron chi connectivity index (χ2n) is 9.51. The summed E-state index contributed by atoms with van der Waals surface area (Å²) in [6.45, 7) is 1.99. The molecule has 1 heterocycles. The van der Waals surface area contributed by atoms with Crippen LogP contribution in [0.3, 0.4) is 0 Å². The largest absolute Gasteiger partial charge is 0.467 e. The molecule has 0 saturated heterocycles. The van der Waals surface area contributed by atoms with Crippen molar-refractivity contribution in [2.24, 2.45) is 0 Å². The molecule has 0 fully saturated rings. The molecule has 4 N–H and O–H groups in total. The molecule has 0 saturated carbocycles. The van der Waals surface area contributed by atoms with Gasteiger partial charge in [-0.05, 0) is 17.5 Å². The first-order valence-electron chi connectivity index (χ1n) is 13.4. The number of imidazole rings is 1. The number of carbonyl (C=O) groups excluding carboxylic acids is 4. The molecule has 10 nitrogen and oxygen atoms in total. The number of aromatic nitrogens is 2. The van der Waals surface area contributed by atoms with Gasteiger partial charge in [0.05, 0.1) is 19.1 Å². The summed E-state index contributed by atoms with van der Waals surface area (Å²) in [4.78, 5) is 59.1. The number of benzene rings is 2. The summed E-state index contributed by atoms with van der Waals surface area (Å²) in [5.41, 5.74) is 2.25. The Bertz CT molecular complexity index is 1220. The van der Waals surface area contributed by atoms with Gasteiger partial charge in [-0.25, -0.2) is 9.78 Å². The van der Waals surface area contributed by atoms with Crippen LogP contribution in [0.25, 0.3) is 0 Å². The van der Waals surface area contributed by atoms with Gasteiger partial charge in [0.2, 0.25) is 17.7 Å². The third-order valence-corrected chi connectivity index (χ3v) is 6.38. The first kappa shape index (κ1) is 30.1. The van der Waals surface area contributed by atoms with E-state index in [1.54, 1.807) is 6.20 Å². The van der Waals surface area contributed by atoms with Crippen LogP contribution in [0.1, 0.15) is 43.0 Å². The van der Waals surface area contributed by atoms with E-state index in [1.165, 1.54) is 13.4 Å². The lowest BCUT2D eigenvalue weighted by Gasteiger charge is -2.25. The van der Waals surface area contributed by atoms with Crippen molar-refractivity contribution in [1.82, 2.24) is 25.9 Å². The zero-order valence-electron chi connectivity index (χ0n) is 22.9. The minimum atomic E-state index is -1.02. The molecule has 212 valence electrons. The minimum absolute atomic E-state index is 0.109. The standard InChI is InChI=1S/C30H37N5O5/c1-3-4-15-27(36)33-24(16-21-11-7-5-8-12-21)28(37)34-25(17-22-13-9-6-10-14-22)29(38)35-26(30(39)40-2)18-23-19-31-20-32-23/h5-14,19-20,24-26H,3-4,15-18H2,1-2H3,(H,31,32)(H,33,36)(H,34,37)(H,35,38). The highest BCUT2D eigenvalue weighted by atomic mass is 16.5. The number of nitrogens with zero attached hydrogens (tertiary/aromatic N) is 1. The van der Waals surface area contributed by atoms with E-state index in [2.05, 4.69) is 25.9 Å². The second kappa shape index (κ2) is 15.8. The van der Waals surface area contributed by atoms with Crippen molar-refractivity contribution in [3.8, 4) is 0 Å². The van der Waals surface area contributed by atoms with Gasteiger partial charge in [0.15, 0.2) is 0 Å². The maximum Gasteiger partial charge on any atom is 0.328 e. The molecule has 3 unspecified atom stereocenters. The van der Waals surface area contributed by atoms with E-state index in [4.69, 9.17) is 4.74 Å². The fraction of sp³-hybridized carbons (Fsp3) is 0.367. The zero-order chi connectivity index (χ0) is 28.7. The number of esters is 1. The Morgan fingerprint density at radius 2 is 1.35 bits per heavy atom. The average Bonchev–Trinajstić information content (AvgIpc) is 3.49. The number of hydrogen-bond acceptors (Lipinski definition) is 6. The zero-order valence-corrected chi connectivity index (χ0v) is 22.9. The molecule has 0 radical (unpaired) electrons. The summed E-state index contributed by atoms with van der Waals surface area (Å²) >= 11 is 0. The number of H-pyrrole nitrogens is 1. The molecule has 3 amide bonds. The number of amides is 3. The molecule has 3 atom stereocenters.